The van der Waals surface area contributed by atoms with Gasteiger partial charge >= 0.3 is 5.97 Å². The van der Waals surface area contributed by atoms with E-state index in [0.717, 1.165) is 13.2 Å². The van der Waals surface area contributed by atoms with E-state index in [4.69, 9.17) is 9.47 Å². The summed E-state index contributed by atoms with van der Waals surface area (Å²) in [7, 11) is 1.42. The number of esters is 1. The molecule has 0 fully saturated rings. The van der Waals surface area contributed by atoms with Crippen LogP contribution in [0.5, 0.6) is 0 Å². The smallest absolute Gasteiger partial charge is 0.325 e. The Morgan fingerprint density at radius 1 is 1.32 bits per heavy atom. The van der Waals surface area contributed by atoms with Crippen LogP contribution in [0.4, 0.5) is 0 Å². The second-order valence-corrected chi connectivity index (χ2v) is 5.60. The van der Waals surface area contributed by atoms with Crippen LogP contribution in [0.1, 0.15) is 53.9 Å². The Bertz CT molecular complexity index is 258. The minimum absolute atomic E-state index is 0.0301. The quantitative estimate of drug-likeness (QED) is 0.622. The van der Waals surface area contributed by atoms with Crippen molar-refractivity contribution in [1.29, 1.82) is 0 Å². The second-order valence-electron chi connectivity index (χ2n) is 5.60. The molecule has 0 amide bonds. The second kappa shape index (κ2) is 9.32. The monoisotopic (exact) mass is 273 g/mol. The fourth-order valence-electron chi connectivity index (χ4n) is 2.38. The Hall–Kier alpha value is -0.610. The summed E-state index contributed by atoms with van der Waals surface area (Å²) in [6.45, 7) is 11.7. The zero-order valence-corrected chi connectivity index (χ0v) is 13.4. The lowest BCUT2D eigenvalue weighted by Crippen LogP contribution is -2.52. The van der Waals surface area contributed by atoms with E-state index in [1.54, 1.807) is 0 Å². The van der Waals surface area contributed by atoms with Crippen LogP contribution in [0, 0.1) is 5.92 Å². The molecule has 0 bridgehead atoms. The van der Waals surface area contributed by atoms with Gasteiger partial charge in [-0.1, -0.05) is 27.2 Å². The number of hydrogen-bond acceptors (Lipinski definition) is 4. The van der Waals surface area contributed by atoms with E-state index in [9.17, 15) is 4.79 Å². The molecule has 0 aromatic rings. The molecule has 1 N–H and O–H groups in total. The first-order valence-electron chi connectivity index (χ1n) is 7.34. The van der Waals surface area contributed by atoms with Crippen LogP contribution in [-0.4, -0.2) is 37.9 Å². The summed E-state index contributed by atoms with van der Waals surface area (Å²) in [5.41, 5.74) is -0.670. The summed E-state index contributed by atoms with van der Waals surface area (Å²) in [5.74, 6) is 0.336. The highest BCUT2D eigenvalue weighted by molar-refractivity contribution is 5.80. The van der Waals surface area contributed by atoms with Crippen LogP contribution in [-0.2, 0) is 14.3 Å². The number of rotatable bonds is 10. The molecule has 3 atom stereocenters. The molecule has 4 heteroatoms. The number of ether oxygens (including phenoxy) is 2. The Morgan fingerprint density at radius 2 is 1.95 bits per heavy atom. The van der Waals surface area contributed by atoms with Crippen molar-refractivity contribution in [3.8, 4) is 0 Å². The zero-order chi connectivity index (χ0) is 14.9. The minimum atomic E-state index is -0.670. The number of nitrogens with one attached hydrogen (secondary N) is 1. The summed E-state index contributed by atoms with van der Waals surface area (Å²) in [4.78, 5) is 11.9. The van der Waals surface area contributed by atoms with Crippen LogP contribution in [0.2, 0.25) is 0 Å². The van der Waals surface area contributed by atoms with Gasteiger partial charge in [-0.25, -0.2) is 0 Å². The first-order valence-corrected chi connectivity index (χ1v) is 7.34. The van der Waals surface area contributed by atoms with Crippen molar-refractivity contribution in [2.75, 3.05) is 20.3 Å². The fraction of sp³-hybridized carbons (Fsp3) is 0.933. The van der Waals surface area contributed by atoms with Crippen LogP contribution < -0.4 is 5.32 Å². The van der Waals surface area contributed by atoms with E-state index in [0.29, 0.717) is 12.3 Å². The number of hydrogen-bond donors (Lipinski definition) is 1. The average Bonchev–Trinajstić information content (AvgIpc) is 2.36. The van der Waals surface area contributed by atoms with Gasteiger partial charge in [-0.05, 0) is 32.7 Å². The molecular weight excluding hydrogens is 242 g/mol. The Kier molecular flexibility index (Phi) is 9.02. The molecule has 4 nitrogen and oxygen atoms in total. The van der Waals surface area contributed by atoms with Crippen LogP contribution in [0.25, 0.3) is 0 Å². The molecule has 0 spiro atoms. The largest absolute Gasteiger partial charge is 0.468 e. The summed E-state index contributed by atoms with van der Waals surface area (Å²) in [6.07, 6.45) is 3.00. The van der Waals surface area contributed by atoms with Gasteiger partial charge in [0.1, 0.15) is 5.54 Å². The summed E-state index contributed by atoms with van der Waals surface area (Å²) in [5, 5.41) is 3.20. The first-order chi connectivity index (χ1) is 8.89. The van der Waals surface area contributed by atoms with E-state index >= 15 is 0 Å². The zero-order valence-electron chi connectivity index (χ0n) is 13.4. The van der Waals surface area contributed by atoms with Crippen LogP contribution >= 0.6 is 0 Å². The van der Waals surface area contributed by atoms with Crippen molar-refractivity contribution >= 4 is 5.97 Å². The summed E-state index contributed by atoms with van der Waals surface area (Å²) >= 11 is 0. The molecule has 0 aliphatic carbocycles. The van der Waals surface area contributed by atoms with Gasteiger partial charge in [-0.15, -0.1) is 0 Å². The predicted octanol–water partition coefficient (Wildman–Crippen LogP) is 2.76. The summed E-state index contributed by atoms with van der Waals surface area (Å²) < 4.78 is 10.7. The normalized spacial score (nSPS) is 17.6. The molecule has 0 rings (SSSR count). The molecule has 0 heterocycles. The molecule has 19 heavy (non-hydrogen) atoms. The molecule has 0 radical (unpaired) electrons. The van der Waals surface area contributed by atoms with Gasteiger partial charge < -0.3 is 14.8 Å². The molecule has 0 aliphatic heterocycles. The maximum atomic E-state index is 11.9. The molecule has 114 valence electrons. The third kappa shape index (κ3) is 6.92. The lowest BCUT2D eigenvalue weighted by molar-refractivity contribution is -0.149. The average molecular weight is 273 g/mol. The highest BCUT2D eigenvalue weighted by atomic mass is 16.5. The number of methoxy groups -OCH3 is 1. The Balaban J connectivity index is 4.31. The van der Waals surface area contributed by atoms with Crippen molar-refractivity contribution in [1.82, 2.24) is 5.32 Å². The van der Waals surface area contributed by atoms with Gasteiger partial charge in [0, 0.05) is 13.0 Å². The van der Waals surface area contributed by atoms with Crippen LogP contribution in [0.15, 0.2) is 0 Å². The first kappa shape index (κ1) is 18.4. The lowest BCUT2D eigenvalue weighted by atomic mass is 9.94. The maximum Gasteiger partial charge on any atom is 0.325 e. The van der Waals surface area contributed by atoms with Crippen molar-refractivity contribution in [3.05, 3.63) is 0 Å². The highest BCUT2D eigenvalue weighted by Gasteiger charge is 2.35. The van der Waals surface area contributed by atoms with Gasteiger partial charge in [0.15, 0.2) is 0 Å². The Labute approximate surface area is 118 Å². The van der Waals surface area contributed by atoms with E-state index in [1.807, 2.05) is 20.8 Å². The highest BCUT2D eigenvalue weighted by Crippen LogP contribution is 2.17. The van der Waals surface area contributed by atoms with Gasteiger partial charge in [0.2, 0.25) is 0 Å². The molecule has 0 aromatic heterocycles. The lowest BCUT2D eigenvalue weighted by Gasteiger charge is -2.30. The molecule has 0 saturated carbocycles. The number of carbonyl (C=O) groups excluding carboxylic acids is 1. The topological polar surface area (TPSA) is 47.6 Å². The standard InChI is InChI=1S/C15H31NO3/c1-7-9-12(3)11-19-13(4)10-15(5,16-8-2)14(17)18-6/h12-13,16H,7-11H2,1-6H3. The van der Waals surface area contributed by atoms with Crippen molar-refractivity contribution in [2.24, 2.45) is 5.92 Å². The predicted molar refractivity (Wildman–Crippen MR) is 78.2 cm³/mol. The van der Waals surface area contributed by atoms with E-state index in [1.165, 1.54) is 20.0 Å². The molecule has 0 aromatic carbocycles. The van der Waals surface area contributed by atoms with Crippen molar-refractivity contribution in [3.63, 3.8) is 0 Å². The third-order valence-electron chi connectivity index (χ3n) is 3.35. The molecule has 3 unspecified atom stereocenters. The molecule has 0 aliphatic rings. The third-order valence-corrected chi connectivity index (χ3v) is 3.35. The van der Waals surface area contributed by atoms with Gasteiger partial charge in [0.25, 0.3) is 0 Å². The minimum Gasteiger partial charge on any atom is -0.468 e. The molecular formula is C15H31NO3. The van der Waals surface area contributed by atoms with Crippen molar-refractivity contribution in [2.45, 2.75) is 65.5 Å². The summed E-state index contributed by atoms with van der Waals surface area (Å²) in [6, 6.07) is 0. The van der Waals surface area contributed by atoms with Crippen LogP contribution in [0.3, 0.4) is 0 Å². The fourth-order valence-corrected chi connectivity index (χ4v) is 2.38. The van der Waals surface area contributed by atoms with Crippen molar-refractivity contribution < 1.29 is 14.3 Å². The Morgan fingerprint density at radius 3 is 2.42 bits per heavy atom. The molecule has 0 saturated heterocycles. The number of likely N-dealkylation sites (N-methyl/N-ethyl adjacent to an activating group) is 1. The number of carbonyl (C=O) groups is 1. The van der Waals surface area contributed by atoms with Gasteiger partial charge in [-0.2, -0.15) is 0 Å². The van der Waals surface area contributed by atoms with Gasteiger partial charge in [0.05, 0.1) is 13.2 Å². The maximum absolute atomic E-state index is 11.9. The SMILES string of the molecule is CCCC(C)COC(C)CC(C)(NCC)C(=O)OC. The van der Waals surface area contributed by atoms with E-state index < -0.39 is 5.54 Å². The van der Waals surface area contributed by atoms with E-state index in [2.05, 4.69) is 19.2 Å². The van der Waals surface area contributed by atoms with E-state index in [-0.39, 0.29) is 12.1 Å². The van der Waals surface area contributed by atoms with Gasteiger partial charge in [-0.3, -0.25) is 4.79 Å².